The minimum Gasteiger partial charge on any atom is -0.443 e. The zero-order valence-electron chi connectivity index (χ0n) is 12.8. The van der Waals surface area contributed by atoms with Crippen LogP contribution < -0.4 is 5.73 Å². The number of nitro groups is 1. The van der Waals surface area contributed by atoms with Gasteiger partial charge in [-0.2, -0.15) is 0 Å². The zero-order valence-corrected chi connectivity index (χ0v) is 12.8. The van der Waals surface area contributed by atoms with Gasteiger partial charge >= 0.3 is 6.09 Å². The number of hydrogen-bond acceptors (Lipinski definition) is 4. The molecule has 6 nitrogen and oxygen atoms in total. The highest BCUT2D eigenvalue weighted by molar-refractivity contribution is 5.65. The van der Waals surface area contributed by atoms with Crippen molar-refractivity contribution >= 4 is 11.8 Å². The standard InChI is InChI=1S/C15H22N2O4/c1-10(2)12(15(3,4)21-14(16)18)9-11-7-5-6-8-13(11)17(19)20/h5-8,10,12H,9H2,1-4H3,(H2,16,18). The van der Waals surface area contributed by atoms with Crippen molar-refractivity contribution in [3.8, 4) is 0 Å². The number of carbonyl (C=O) groups excluding carboxylic acids is 1. The van der Waals surface area contributed by atoms with Crippen molar-refractivity contribution in [2.24, 2.45) is 17.6 Å². The molecule has 0 spiro atoms. The Bertz CT molecular complexity index is 526. The lowest BCUT2D eigenvalue weighted by Gasteiger charge is -2.36. The van der Waals surface area contributed by atoms with Crippen LogP contribution in [0.3, 0.4) is 0 Å². The van der Waals surface area contributed by atoms with Gasteiger partial charge in [0.15, 0.2) is 0 Å². The second-order valence-electron chi connectivity index (χ2n) is 5.97. The second kappa shape index (κ2) is 6.56. The van der Waals surface area contributed by atoms with Crippen LogP contribution in [0.2, 0.25) is 0 Å². The number of nitrogens with zero attached hydrogens (tertiary/aromatic N) is 1. The summed E-state index contributed by atoms with van der Waals surface area (Å²) in [6, 6.07) is 6.61. The lowest BCUT2D eigenvalue weighted by atomic mass is 9.77. The fraction of sp³-hybridized carbons (Fsp3) is 0.533. The third kappa shape index (κ3) is 4.44. The van der Waals surface area contributed by atoms with Crippen molar-refractivity contribution in [3.63, 3.8) is 0 Å². The van der Waals surface area contributed by atoms with E-state index in [2.05, 4.69) is 0 Å². The van der Waals surface area contributed by atoms with Gasteiger partial charge in [-0.05, 0) is 26.2 Å². The third-order valence-electron chi connectivity index (χ3n) is 3.69. The Morgan fingerprint density at radius 1 is 1.38 bits per heavy atom. The first kappa shape index (κ1) is 16.9. The first-order valence-electron chi connectivity index (χ1n) is 6.86. The van der Waals surface area contributed by atoms with Gasteiger partial charge < -0.3 is 10.5 Å². The molecule has 0 radical (unpaired) electrons. The quantitative estimate of drug-likeness (QED) is 0.643. The molecule has 6 heteroatoms. The predicted octanol–water partition coefficient (Wildman–Crippen LogP) is 3.28. The fourth-order valence-electron chi connectivity index (χ4n) is 2.72. The van der Waals surface area contributed by atoms with E-state index in [1.165, 1.54) is 6.07 Å². The van der Waals surface area contributed by atoms with E-state index in [1.54, 1.807) is 32.0 Å². The molecule has 1 unspecified atom stereocenters. The number of benzene rings is 1. The lowest BCUT2D eigenvalue weighted by molar-refractivity contribution is -0.385. The van der Waals surface area contributed by atoms with Crippen LogP contribution in [0.1, 0.15) is 33.3 Å². The number of carbonyl (C=O) groups is 1. The maximum Gasteiger partial charge on any atom is 0.405 e. The van der Waals surface area contributed by atoms with Crippen LogP contribution in [0.15, 0.2) is 24.3 Å². The molecule has 0 fully saturated rings. The summed E-state index contributed by atoms with van der Waals surface area (Å²) in [5.74, 6) is 0.0743. The number of amides is 1. The summed E-state index contributed by atoms with van der Waals surface area (Å²) in [4.78, 5) is 21.8. The Labute approximate surface area is 124 Å². The topological polar surface area (TPSA) is 95.5 Å². The molecule has 1 aromatic carbocycles. The third-order valence-corrected chi connectivity index (χ3v) is 3.69. The van der Waals surface area contributed by atoms with E-state index in [0.717, 1.165) is 0 Å². The maximum atomic E-state index is 11.1. The van der Waals surface area contributed by atoms with Gasteiger partial charge in [-0.25, -0.2) is 4.79 Å². The van der Waals surface area contributed by atoms with E-state index in [0.29, 0.717) is 12.0 Å². The molecule has 0 aliphatic heterocycles. The normalized spacial score (nSPS) is 13.0. The average Bonchev–Trinajstić information content (AvgIpc) is 2.33. The van der Waals surface area contributed by atoms with Gasteiger partial charge in [-0.15, -0.1) is 0 Å². The second-order valence-corrected chi connectivity index (χ2v) is 5.97. The summed E-state index contributed by atoms with van der Waals surface area (Å²) in [5.41, 5.74) is 5.03. The lowest BCUT2D eigenvalue weighted by Crippen LogP contribution is -2.42. The minimum absolute atomic E-state index is 0.0815. The van der Waals surface area contributed by atoms with Crippen molar-refractivity contribution in [3.05, 3.63) is 39.9 Å². The smallest absolute Gasteiger partial charge is 0.405 e. The Morgan fingerprint density at radius 2 is 1.95 bits per heavy atom. The molecule has 1 atom stereocenters. The van der Waals surface area contributed by atoms with Crippen molar-refractivity contribution in [2.75, 3.05) is 0 Å². The van der Waals surface area contributed by atoms with Gasteiger partial charge in [0.25, 0.3) is 5.69 Å². The summed E-state index contributed by atoms with van der Waals surface area (Å²) in [7, 11) is 0. The minimum atomic E-state index is -0.840. The van der Waals surface area contributed by atoms with Crippen LogP contribution in [-0.2, 0) is 11.2 Å². The van der Waals surface area contributed by atoms with Gasteiger partial charge in [0.2, 0.25) is 0 Å². The Balaban J connectivity index is 3.10. The van der Waals surface area contributed by atoms with Crippen molar-refractivity contribution in [1.29, 1.82) is 0 Å². The summed E-state index contributed by atoms with van der Waals surface area (Å²) >= 11 is 0. The highest BCUT2D eigenvalue weighted by Crippen LogP contribution is 2.33. The first-order valence-corrected chi connectivity index (χ1v) is 6.86. The van der Waals surface area contributed by atoms with E-state index >= 15 is 0 Å². The zero-order chi connectivity index (χ0) is 16.2. The molecule has 0 aromatic heterocycles. The largest absolute Gasteiger partial charge is 0.443 e. The molecule has 2 N–H and O–H groups in total. The Morgan fingerprint density at radius 3 is 2.43 bits per heavy atom. The summed E-state index contributed by atoms with van der Waals surface area (Å²) in [5, 5.41) is 11.1. The molecule has 0 aliphatic carbocycles. The van der Waals surface area contributed by atoms with E-state index in [9.17, 15) is 14.9 Å². The van der Waals surface area contributed by atoms with Crippen LogP contribution in [0.5, 0.6) is 0 Å². The molecule has 0 saturated carbocycles. The number of hydrogen-bond donors (Lipinski definition) is 1. The number of nitro benzene ring substituents is 1. The molecule has 0 heterocycles. The van der Waals surface area contributed by atoms with E-state index < -0.39 is 16.6 Å². The van der Waals surface area contributed by atoms with Gasteiger partial charge in [0, 0.05) is 17.5 Å². The molecule has 1 amide bonds. The number of nitrogens with two attached hydrogens (primary N) is 1. The number of ether oxygens (including phenoxy) is 1. The van der Waals surface area contributed by atoms with Crippen LogP contribution in [0, 0.1) is 22.0 Å². The molecular weight excluding hydrogens is 272 g/mol. The van der Waals surface area contributed by atoms with E-state index in [1.807, 2.05) is 13.8 Å². The summed E-state index contributed by atoms with van der Waals surface area (Å²) < 4.78 is 5.20. The van der Waals surface area contributed by atoms with Crippen molar-refractivity contribution < 1.29 is 14.5 Å². The summed E-state index contributed by atoms with van der Waals surface area (Å²) in [6.07, 6.45) is -0.400. The Kier molecular flexibility index (Phi) is 5.29. The fourth-order valence-corrected chi connectivity index (χ4v) is 2.72. The SMILES string of the molecule is CC(C)C(Cc1ccccc1[N+](=O)[O-])C(C)(C)OC(N)=O. The number of para-hydroxylation sites is 1. The monoisotopic (exact) mass is 294 g/mol. The molecule has 116 valence electrons. The first-order chi connectivity index (χ1) is 9.65. The van der Waals surface area contributed by atoms with E-state index in [-0.39, 0.29) is 17.5 Å². The van der Waals surface area contributed by atoms with Crippen LogP contribution >= 0.6 is 0 Å². The van der Waals surface area contributed by atoms with Crippen LogP contribution in [-0.4, -0.2) is 16.6 Å². The van der Waals surface area contributed by atoms with Crippen LogP contribution in [0.4, 0.5) is 10.5 Å². The van der Waals surface area contributed by atoms with Crippen molar-refractivity contribution in [1.82, 2.24) is 0 Å². The molecule has 0 aliphatic rings. The molecule has 0 bridgehead atoms. The summed E-state index contributed by atoms with van der Waals surface area (Å²) in [6.45, 7) is 7.53. The van der Waals surface area contributed by atoms with Gasteiger partial charge in [-0.3, -0.25) is 10.1 Å². The highest BCUT2D eigenvalue weighted by atomic mass is 16.6. The molecule has 0 saturated heterocycles. The molecule has 21 heavy (non-hydrogen) atoms. The Hall–Kier alpha value is -2.11. The number of rotatable bonds is 6. The predicted molar refractivity (Wildman–Crippen MR) is 79.9 cm³/mol. The van der Waals surface area contributed by atoms with Crippen LogP contribution in [0.25, 0.3) is 0 Å². The van der Waals surface area contributed by atoms with Gasteiger partial charge in [0.05, 0.1) is 4.92 Å². The molecule has 1 rings (SSSR count). The highest BCUT2D eigenvalue weighted by Gasteiger charge is 2.36. The molecular formula is C15H22N2O4. The van der Waals surface area contributed by atoms with Crippen molar-refractivity contribution in [2.45, 2.75) is 39.7 Å². The number of primary amides is 1. The maximum absolute atomic E-state index is 11.1. The van der Waals surface area contributed by atoms with Gasteiger partial charge in [-0.1, -0.05) is 32.0 Å². The van der Waals surface area contributed by atoms with E-state index in [4.69, 9.17) is 10.5 Å². The molecule has 1 aromatic rings. The van der Waals surface area contributed by atoms with Gasteiger partial charge in [0.1, 0.15) is 5.60 Å². The average molecular weight is 294 g/mol.